The summed E-state index contributed by atoms with van der Waals surface area (Å²) in [7, 11) is 0. The fraction of sp³-hybridized carbons (Fsp3) is 0.941. The Morgan fingerprint density at radius 1 is 0.714 bits per heavy atom. The van der Waals surface area contributed by atoms with Crippen molar-refractivity contribution in [1.82, 2.24) is 0 Å². The molecule has 4 heteroatoms. The van der Waals surface area contributed by atoms with Gasteiger partial charge in [0.2, 0.25) is 0 Å². The number of carboxylic acids is 1. The van der Waals surface area contributed by atoms with Crippen molar-refractivity contribution in [2.45, 2.75) is 96.0 Å². The van der Waals surface area contributed by atoms with Crippen molar-refractivity contribution in [1.29, 1.82) is 0 Å². The lowest BCUT2D eigenvalue weighted by Crippen LogP contribution is -2.06. The first-order valence-corrected chi connectivity index (χ1v) is 8.67. The molecule has 0 spiro atoms. The minimum absolute atomic E-state index is 0.165. The highest BCUT2D eigenvalue weighted by atomic mass is 16.4. The third-order valence-electron chi connectivity index (χ3n) is 3.87. The molecular formula is C17H34O4. The van der Waals surface area contributed by atoms with Crippen LogP contribution in [0.5, 0.6) is 0 Å². The Morgan fingerprint density at radius 2 is 1.14 bits per heavy atom. The van der Waals surface area contributed by atoms with Gasteiger partial charge in [0.25, 0.3) is 0 Å². The Morgan fingerprint density at radius 3 is 1.62 bits per heavy atom. The van der Waals surface area contributed by atoms with Crippen molar-refractivity contribution in [2.75, 3.05) is 6.61 Å². The first kappa shape index (κ1) is 20.4. The first-order chi connectivity index (χ1) is 10.2. The van der Waals surface area contributed by atoms with E-state index in [-0.39, 0.29) is 12.5 Å². The van der Waals surface area contributed by atoms with Crippen LogP contribution in [-0.4, -0.2) is 34.0 Å². The molecule has 4 nitrogen and oxygen atoms in total. The van der Waals surface area contributed by atoms with Crippen LogP contribution in [0.15, 0.2) is 0 Å². The molecule has 21 heavy (non-hydrogen) atoms. The Hall–Kier alpha value is -0.610. The van der Waals surface area contributed by atoms with Gasteiger partial charge in [-0.2, -0.15) is 0 Å². The molecule has 0 radical (unpaired) electrons. The summed E-state index contributed by atoms with van der Waals surface area (Å²) in [6.45, 7) is 0.301. The molecule has 0 fully saturated rings. The van der Waals surface area contributed by atoms with Crippen LogP contribution in [0.4, 0.5) is 0 Å². The van der Waals surface area contributed by atoms with E-state index in [0.717, 1.165) is 64.2 Å². The Kier molecular flexibility index (Phi) is 15.3. The molecular weight excluding hydrogens is 268 g/mol. The van der Waals surface area contributed by atoms with Crippen molar-refractivity contribution >= 4 is 5.97 Å². The van der Waals surface area contributed by atoms with E-state index in [1.54, 1.807) is 0 Å². The normalized spacial score (nSPS) is 12.5. The maximum absolute atomic E-state index is 10.3. The van der Waals surface area contributed by atoms with Gasteiger partial charge in [-0.15, -0.1) is 0 Å². The monoisotopic (exact) mass is 302 g/mol. The summed E-state index contributed by atoms with van der Waals surface area (Å²) in [5.41, 5.74) is 0. The predicted molar refractivity (Wildman–Crippen MR) is 85.4 cm³/mol. The van der Waals surface area contributed by atoms with E-state index in [1.165, 1.54) is 19.3 Å². The molecule has 0 bridgehead atoms. The van der Waals surface area contributed by atoms with Crippen LogP contribution in [0.25, 0.3) is 0 Å². The van der Waals surface area contributed by atoms with Crippen molar-refractivity contribution in [2.24, 2.45) is 0 Å². The molecule has 1 atom stereocenters. The lowest BCUT2D eigenvalue weighted by molar-refractivity contribution is -0.137. The Bertz CT molecular complexity index is 231. The number of rotatable bonds is 16. The van der Waals surface area contributed by atoms with Crippen molar-refractivity contribution < 1.29 is 20.1 Å². The predicted octanol–water partition coefficient (Wildman–Crippen LogP) is 3.89. The zero-order chi connectivity index (χ0) is 15.8. The molecule has 0 heterocycles. The van der Waals surface area contributed by atoms with Gasteiger partial charge in [-0.25, -0.2) is 0 Å². The van der Waals surface area contributed by atoms with Gasteiger partial charge < -0.3 is 15.3 Å². The average molecular weight is 302 g/mol. The summed E-state index contributed by atoms with van der Waals surface area (Å²) in [6.07, 6.45) is 13.6. The lowest BCUT2D eigenvalue weighted by Gasteiger charge is -2.10. The van der Waals surface area contributed by atoms with E-state index < -0.39 is 5.97 Å². The highest BCUT2D eigenvalue weighted by Gasteiger charge is 2.04. The summed E-state index contributed by atoms with van der Waals surface area (Å²) < 4.78 is 0. The largest absolute Gasteiger partial charge is 0.481 e. The van der Waals surface area contributed by atoms with E-state index in [0.29, 0.717) is 6.61 Å². The van der Waals surface area contributed by atoms with Gasteiger partial charge in [0, 0.05) is 13.0 Å². The van der Waals surface area contributed by atoms with Gasteiger partial charge >= 0.3 is 5.97 Å². The van der Waals surface area contributed by atoms with Gasteiger partial charge in [-0.1, -0.05) is 57.8 Å². The summed E-state index contributed by atoms with van der Waals surface area (Å²) in [5.74, 6) is -0.707. The summed E-state index contributed by atoms with van der Waals surface area (Å²) in [5, 5.41) is 27.0. The number of hydrogen-bond acceptors (Lipinski definition) is 3. The number of carbonyl (C=O) groups is 1. The third kappa shape index (κ3) is 17.3. The molecule has 0 saturated carbocycles. The summed E-state index contributed by atoms with van der Waals surface area (Å²) in [6, 6.07) is 0. The molecule has 0 aromatic rings. The van der Waals surface area contributed by atoms with E-state index >= 15 is 0 Å². The van der Waals surface area contributed by atoms with Gasteiger partial charge in [-0.3, -0.25) is 4.79 Å². The van der Waals surface area contributed by atoms with Gasteiger partial charge in [0.1, 0.15) is 0 Å². The third-order valence-corrected chi connectivity index (χ3v) is 3.87. The molecule has 126 valence electrons. The van der Waals surface area contributed by atoms with Crippen LogP contribution in [0, 0.1) is 0 Å². The molecule has 0 saturated heterocycles. The zero-order valence-corrected chi connectivity index (χ0v) is 13.4. The number of aliphatic hydroxyl groups is 2. The number of aliphatic hydroxyl groups excluding tert-OH is 2. The molecule has 0 aromatic heterocycles. The first-order valence-electron chi connectivity index (χ1n) is 8.67. The Balaban J connectivity index is 3.16. The van der Waals surface area contributed by atoms with Crippen molar-refractivity contribution in [3.63, 3.8) is 0 Å². The molecule has 0 rings (SSSR count). The average Bonchev–Trinajstić information content (AvgIpc) is 2.45. The van der Waals surface area contributed by atoms with Crippen LogP contribution in [-0.2, 0) is 4.79 Å². The van der Waals surface area contributed by atoms with Crippen LogP contribution >= 0.6 is 0 Å². The highest BCUT2D eigenvalue weighted by Crippen LogP contribution is 2.14. The van der Waals surface area contributed by atoms with Crippen LogP contribution in [0.3, 0.4) is 0 Å². The summed E-state index contributed by atoms with van der Waals surface area (Å²) >= 11 is 0. The maximum atomic E-state index is 10.3. The molecule has 0 aliphatic heterocycles. The molecule has 0 aliphatic rings. The van der Waals surface area contributed by atoms with E-state index in [4.69, 9.17) is 10.2 Å². The van der Waals surface area contributed by atoms with Gasteiger partial charge in [-0.05, 0) is 25.7 Å². The number of carboxylic acid groups (broad SMARTS) is 1. The van der Waals surface area contributed by atoms with E-state index in [9.17, 15) is 9.90 Å². The smallest absolute Gasteiger partial charge is 0.303 e. The number of hydrogen-bond donors (Lipinski definition) is 3. The standard InChI is InChI=1S/C17H34O4/c18-15-11-7-2-1-4-8-12-16(19)13-9-5-3-6-10-14-17(20)21/h16,18-19H,1-15H2,(H,20,21). The van der Waals surface area contributed by atoms with Gasteiger partial charge in [0.05, 0.1) is 6.10 Å². The SMILES string of the molecule is O=C(O)CCCCCCCC(O)CCCCCCCCO. The molecule has 0 amide bonds. The molecule has 1 unspecified atom stereocenters. The second kappa shape index (κ2) is 15.8. The van der Waals surface area contributed by atoms with E-state index in [1.807, 2.05) is 0 Å². The van der Waals surface area contributed by atoms with Crippen LogP contribution in [0.1, 0.15) is 89.9 Å². The minimum atomic E-state index is -0.707. The zero-order valence-electron chi connectivity index (χ0n) is 13.4. The van der Waals surface area contributed by atoms with Crippen LogP contribution in [0.2, 0.25) is 0 Å². The fourth-order valence-corrected chi connectivity index (χ4v) is 2.53. The van der Waals surface area contributed by atoms with Crippen LogP contribution < -0.4 is 0 Å². The second-order valence-electron chi connectivity index (χ2n) is 5.99. The quantitative estimate of drug-likeness (QED) is 0.378. The van der Waals surface area contributed by atoms with Crippen molar-refractivity contribution in [3.8, 4) is 0 Å². The molecule has 0 aromatic carbocycles. The van der Waals surface area contributed by atoms with Crippen molar-refractivity contribution in [3.05, 3.63) is 0 Å². The maximum Gasteiger partial charge on any atom is 0.303 e. The molecule has 3 N–H and O–H groups in total. The number of unbranched alkanes of at least 4 members (excludes halogenated alkanes) is 9. The lowest BCUT2D eigenvalue weighted by atomic mass is 10.0. The summed E-state index contributed by atoms with van der Waals surface area (Å²) in [4.78, 5) is 10.3. The van der Waals surface area contributed by atoms with E-state index in [2.05, 4.69) is 0 Å². The fourth-order valence-electron chi connectivity index (χ4n) is 2.53. The van der Waals surface area contributed by atoms with Gasteiger partial charge in [0.15, 0.2) is 0 Å². The second-order valence-corrected chi connectivity index (χ2v) is 5.99. The topological polar surface area (TPSA) is 77.8 Å². The minimum Gasteiger partial charge on any atom is -0.481 e. The molecule has 0 aliphatic carbocycles. The number of aliphatic carboxylic acids is 1. The Labute approximate surface area is 129 Å². The highest BCUT2D eigenvalue weighted by molar-refractivity contribution is 5.66.